The van der Waals surface area contributed by atoms with Crippen LogP contribution in [-0.2, 0) is 0 Å². The molecule has 1 aliphatic heterocycles. The lowest BCUT2D eigenvalue weighted by atomic mass is 10.1. The molecule has 2 heterocycles. The van der Waals surface area contributed by atoms with Gasteiger partial charge in [-0.3, -0.25) is 4.98 Å². The molecule has 0 unspecified atom stereocenters. The molecule has 1 fully saturated rings. The molecule has 0 atom stereocenters. The Kier molecular flexibility index (Phi) is 5.11. The van der Waals surface area contributed by atoms with Gasteiger partial charge in [0.15, 0.2) is 0 Å². The van der Waals surface area contributed by atoms with Gasteiger partial charge in [0, 0.05) is 31.4 Å². The molecule has 5 nitrogen and oxygen atoms in total. The molecule has 1 aromatic carbocycles. The Morgan fingerprint density at radius 3 is 2.67 bits per heavy atom. The van der Waals surface area contributed by atoms with Gasteiger partial charge in [0.1, 0.15) is 0 Å². The number of hydrogen-bond acceptors (Lipinski definition) is 3. The summed E-state index contributed by atoms with van der Waals surface area (Å²) in [5.74, 6) is 0. The number of nitrogens with zero attached hydrogens (tertiary/aromatic N) is 3. The summed E-state index contributed by atoms with van der Waals surface area (Å²) in [6, 6.07) is 12.0. The van der Waals surface area contributed by atoms with Gasteiger partial charge in [-0.2, -0.15) is 0 Å². The van der Waals surface area contributed by atoms with Crippen LogP contribution in [0.15, 0.2) is 42.6 Å². The summed E-state index contributed by atoms with van der Waals surface area (Å²) in [6.45, 7) is 5.41. The van der Waals surface area contributed by atoms with Crippen molar-refractivity contribution in [3.63, 3.8) is 0 Å². The first kappa shape index (κ1) is 16.5. The number of anilines is 1. The molecule has 3 rings (SSSR count). The highest BCUT2D eigenvalue weighted by atomic mass is 16.2. The summed E-state index contributed by atoms with van der Waals surface area (Å²) in [5.41, 5.74) is 3.71. The Labute approximate surface area is 143 Å². The molecule has 24 heavy (non-hydrogen) atoms. The summed E-state index contributed by atoms with van der Waals surface area (Å²) in [7, 11) is 2.10. The maximum Gasteiger partial charge on any atom is 0.321 e. The molecule has 0 bridgehead atoms. The lowest BCUT2D eigenvalue weighted by molar-refractivity contribution is 0.213. The molecule has 0 spiro atoms. The normalized spacial score (nSPS) is 15.8. The summed E-state index contributed by atoms with van der Waals surface area (Å²) in [5, 5.41) is 3.04. The lowest BCUT2D eigenvalue weighted by Crippen LogP contribution is -2.37. The van der Waals surface area contributed by atoms with Crippen molar-refractivity contribution in [1.29, 1.82) is 0 Å². The second-order valence-corrected chi connectivity index (χ2v) is 6.30. The molecule has 1 N–H and O–H groups in total. The average Bonchev–Trinajstić information content (AvgIpc) is 2.82. The number of rotatable bonds is 2. The van der Waals surface area contributed by atoms with Crippen LogP contribution in [0.25, 0.3) is 11.1 Å². The van der Waals surface area contributed by atoms with Crippen LogP contribution in [0, 0.1) is 6.92 Å². The fourth-order valence-corrected chi connectivity index (χ4v) is 2.89. The lowest BCUT2D eigenvalue weighted by Gasteiger charge is -2.21. The van der Waals surface area contributed by atoms with E-state index in [0.29, 0.717) is 0 Å². The van der Waals surface area contributed by atoms with E-state index in [9.17, 15) is 4.79 Å². The number of hydrogen-bond donors (Lipinski definition) is 1. The zero-order valence-corrected chi connectivity index (χ0v) is 14.3. The second-order valence-electron chi connectivity index (χ2n) is 6.30. The summed E-state index contributed by atoms with van der Waals surface area (Å²) in [4.78, 5) is 21.2. The van der Waals surface area contributed by atoms with E-state index in [1.54, 1.807) is 0 Å². The number of aromatic nitrogens is 1. The van der Waals surface area contributed by atoms with Crippen LogP contribution in [0.5, 0.6) is 0 Å². The van der Waals surface area contributed by atoms with Gasteiger partial charge in [-0.15, -0.1) is 0 Å². The smallest absolute Gasteiger partial charge is 0.321 e. The first-order valence-corrected chi connectivity index (χ1v) is 8.40. The molecule has 1 aromatic heterocycles. The van der Waals surface area contributed by atoms with Crippen LogP contribution in [-0.4, -0.2) is 54.0 Å². The molecule has 0 radical (unpaired) electrons. The van der Waals surface area contributed by atoms with E-state index in [-0.39, 0.29) is 6.03 Å². The van der Waals surface area contributed by atoms with Crippen molar-refractivity contribution in [2.75, 3.05) is 38.5 Å². The standard InChI is InChI=1S/C19H24N4O/c1-15-18(13-17(14-20-15)16-7-4-3-5-8-16)21-19(24)23-10-6-9-22(2)11-12-23/h3-5,7-8,13-14H,6,9-12H2,1-2H3,(H,21,24). The second kappa shape index (κ2) is 7.45. The Hall–Kier alpha value is -2.40. The third-order valence-electron chi connectivity index (χ3n) is 4.44. The number of amides is 2. The molecular formula is C19H24N4O. The van der Waals surface area contributed by atoms with E-state index in [4.69, 9.17) is 0 Å². The van der Waals surface area contributed by atoms with Gasteiger partial charge in [-0.05, 0) is 38.6 Å². The number of benzene rings is 1. The largest absolute Gasteiger partial charge is 0.323 e. The summed E-state index contributed by atoms with van der Waals surface area (Å²) < 4.78 is 0. The Morgan fingerprint density at radius 2 is 1.88 bits per heavy atom. The molecule has 0 aliphatic carbocycles. The van der Waals surface area contributed by atoms with Gasteiger partial charge < -0.3 is 15.1 Å². The molecule has 1 saturated heterocycles. The van der Waals surface area contributed by atoms with Crippen LogP contribution < -0.4 is 5.32 Å². The van der Waals surface area contributed by atoms with Gasteiger partial charge in [-0.1, -0.05) is 30.3 Å². The minimum absolute atomic E-state index is 0.0413. The molecule has 2 aromatic rings. The third kappa shape index (κ3) is 3.92. The number of pyridine rings is 1. The highest BCUT2D eigenvalue weighted by molar-refractivity contribution is 5.90. The van der Waals surface area contributed by atoms with E-state index in [0.717, 1.165) is 55.1 Å². The SMILES string of the molecule is Cc1ncc(-c2ccccc2)cc1NC(=O)N1CCCN(C)CC1. The molecule has 126 valence electrons. The van der Waals surface area contributed by atoms with Crippen molar-refractivity contribution in [3.05, 3.63) is 48.3 Å². The number of likely N-dealkylation sites (N-methyl/N-ethyl adjacent to an activating group) is 1. The van der Waals surface area contributed by atoms with Crippen molar-refractivity contribution >= 4 is 11.7 Å². The molecule has 5 heteroatoms. The van der Waals surface area contributed by atoms with Crippen molar-refractivity contribution in [3.8, 4) is 11.1 Å². The van der Waals surface area contributed by atoms with Gasteiger partial charge in [-0.25, -0.2) is 4.79 Å². The molecule has 0 saturated carbocycles. The highest BCUT2D eigenvalue weighted by Crippen LogP contribution is 2.23. The van der Waals surface area contributed by atoms with Crippen LogP contribution in [0.3, 0.4) is 0 Å². The number of carbonyl (C=O) groups is 1. The van der Waals surface area contributed by atoms with Gasteiger partial charge in [0.25, 0.3) is 0 Å². The quantitative estimate of drug-likeness (QED) is 0.923. The Balaban J connectivity index is 1.75. The van der Waals surface area contributed by atoms with Gasteiger partial charge in [0.05, 0.1) is 11.4 Å². The first-order valence-electron chi connectivity index (χ1n) is 8.40. The maximum absolute atomic E-state index is 12.6. The maximum atomic E-state index is 12.6. The highest BCUT2D eigenvalue weighted by Gasteiger charge is 2.18. The minimum Gasteiger partial charge on any atom is -0.323 e. The van der Waals surface area contributed by atoms with Crippen molar-refractivity contribution in [1.82, 2.24) is 14.8 Å². The predicted molar refractivity (Wildman–Crippen MR) is 97.1 cm³/mol. The predicted octanol–water partition coefficient (Wildman–Crippen LogP) is 3.23. The number of nitrogens with one attached hydrogen (secondary N) is 1. The zero-order valence-electron chi connectivity index (χ0n) is 14.3. The third-order valence-corrected chi connectivity index (χ3v) is 4.44. The van der Waals surface area contributed by atoms with Crippen LogP contribution in [0.2, 0.25) is 0 Å². The van der Waals surface area contributed by atoms with Gasteiger partial charge >= 0.3 is 6.03 Å². The number of aryl methyl sites for hydroxylation is 1. The first-order chi connectivity index (χ1) is 11.6. The van der Waals surface area contributed by atoms with E-state index in [1.165, 1.54) is 0 Å². The minimum atomic E-state index is -0.0413. The average molecular weight is 324 g/mol. The van der Waals surface area contributed by atoms with E-state index >= 15 is 0 Å². The van der Waals surface area contributed by atoms with E-state index in [1.807, 2.05) is 54.4 Å². The summed E-state index contributed by atoms with van der Waals surface area (Å²) >= 11 is 0. The van der Waals surface area contributed by atoms with E-state index < -0.39 is 0 Å². The van der Waals surface area contributed by atoms with Crippen LogP contribution in [0.4, 0.5) is 10.5 Å². The Morgan fingerprint density at radius 1 is 1.08 bits per heavy atom. The fraction of sp³-hybridized carbons (Fsp3) is 0.368. The number of carbonyl (C=O) groups excluding carboxylic acids is 1. The summed E-state index contributed by atoms with van der Waals surface area (Å²) in [6.07, 6.45) is 2.85. The molecule has 1 aliphatic rings. The molecule has 2 amide bonds. The van der Waals surface area contributed by atoms with Crippen molar-refractivity contribution in [2.45, 2.75) is 13.3 Å². The van der Waals surface area contributed by atoms with Crippen LogP contribution >= 0.6 is 0 Å². The van der Waals surface area contributed by atoms with Crippen molar-refractivity contribution in [2.24, 2.45) is 0 Å². The zero-order chi connectivity index (χ0) is 16.9. The van der Waals surface area contributed by atoms with Gasteiger partial charge in [0.2, 0.25) is 0 Å². The topological polar surface area (TPSA) is 48.5 Å². The van der Waals surface area contributed by atoms with Crippen LogP contribution in [0.1, 0.15) is 12.1 Å². The van der Waals surface area contributed by atoms with Crippen molar-refractivity contribution < 1.29 is 4.79 Å². The fourth-order valence-electron chi connectivity index (χ4n) is 2.89. The Bertz CT molecular complexity index is 702. The monoisotopic (exact) mass is 324 g/mol. The molecular weight excluding hydrogens is 300 g/mol. The number of urea groups is 1. The van der Waals surface area contributed by atoms with E-state index in [2.05, 4.69) is 22.2 Å².